The normalized spacial score (nSPS) is 10.5. The molecule has 2 aromatic rings. The third-order valence-corrected chi connectivity index (χ3v) is 3.21. The van der Waals surface area contributed by atoms with Crippen LogP contribution in [-0.2, 0) is 6.54 Å². The third-order valence-electron chi connectivity index (χ3n) is 3.21. The van der Waals surface area contributed by atoms with E-state index >= 15 is 0 Å². The van der Waals surface area contributed by atoms with Crippen LogP contribution in [0.5, 0.6) is 5.75 Å². The molecule has 0 saturated carbocycles. The maximum absolute atomic E-state index is 5.31. The summed E-state index contributed by atoms with van der Waals surface area (Å²) in [6.45, 7) is 6.12. The highest BCUT2D eigenvalue weighted by molar-refractivity contribution is 5.69. The fraction of sp³-hybridized carbons (Fsp3) is 0.294. The van der Waals surface area contributed by atoms with Crippen LogP contribution < -0.4 is 10.1 Å². The van der Waals surface area contributed by atoms with Crippen LogP contribution in [-0.4, -0.2) is 13.7 Å². The Balaban J connectivity index is 2.43. The average molecular weight is 255 g/mol. The van der Waals surface area contributed by atoms with E-state index in [2.05, 4.69) is 49.5 Å². The van der Waals surface area contributed by atoms with Crippen LogP contribution >= 0.6 is 0 Å². The molecule has 0 aliphatic carbocycles. The lowest BCUT2D eigenvalue weighted by molar-refractivity contribution is 0.415. The Morgan fingerprint density at radius 1 is 1.11 bits per heavy atom. The molecule has 2 rings (SSSR count). The summed E-state index contributed by atoms with van der Waals surface area (Å²) < 4.78 is 5.31. The van der Waals surface area contributed by atoms with E-state index in [1.165, 1.54) is 22.3 Å². The van der Waals surface area contributed by atoms with Crippen molar-refractivity contribution in [1.82, 2.24) is 5.32 Å². The van der Waals surface area contributed by atoms with Gasteiger partial charge in [0.15, 0.2) is 0 Å². The summed E-state index contributed by atoms with van der Waals surface area (Å²) in [6.07, 6.45) is 0. The molecular weight excluding hydrogens is 234 g/mol. The van der Waals surface area contributed by atoms with Gasteiger partial charge in [0.05, 0.1) is 7.11 Å². The third kappa shape index (κ3) is 3.36. The average Bonchev–Trinajstić information content (AvgIpc) is 2.46. The molecule has 0 unspecified atom stereocenters. The van der Waals surface area contributed by atoms with Gasteiger partial charge in [-0.05, 0) is 42.3 Å². The summed E-state index contributed by atoms with van der Waals surface area (Å²) in [5, 5.41) is 3.39. The lowest BCUT2D eigenvalue weighted by Crippen LogP contribution is -2.12. The molecule has 0 amide bonds. The molecule has 0 fully saturated rings. The first-order valence-electron chi connectivity index (χ1n) is 6.69. The number of hydrogen-bond donors (Lipinski definition) is 1. The van der Waals surface area contributed by atoms with Crippen molar-refractivity contribution in [2.24, 2.45) is 0 Å². The first-order valence-corrected chi connectivity index (χ1v) is 6.69. The van der Waals surface area contributed by atoms with E-state index in [-0.39, 0.29) is 0 Å². The molecule has 2 nitrogen and oxygen atoms in total. The van der Waals surface area contributed by atoms with E-state index in [9.17, 15) is 0 Å². The van der Waals surface area contributed by atoms with E-state index in [0.29, 0.717) is 0 Å². The fourth-order valence-corrected chi connectivity index (χ4v) is 2.16. The largest absolute Gasteiger partial charge is 0.497 e. The molecule has 0 radical (unpaired) electrons. The van der Waals surface area contributed by atoms with Gasteiger partial charge in [-0.2, -0.15) is 0 Å². The second-order valence-electron chi connectivity index (χ2n) is 4.67. The Kier molecular flexibility index (Phi) is 4.58. The van der Waals surface area contributed by atoms with Crippen molar-refractivity contribution in [2.45, 2.75) is 20.4 Å². The van der Waals surface area contributed by atoms with Crippen LogP contribution in [0.3, 0.4) is 0 Å². The summed E-state index contributed by atoms with van der Waals surface area (Å²) in [7, 11) is 1.70. The molecule has 0 bridgehead atoms. The zero-order chi connectivity index (χ0) is 13.7. The molecular formula is C17H21NO. The summed E-state index contributed by atoms with van der Waals surface area (Å²) in [6, 6.07) is 14.8. The molecule has 0 aliphatic heterocycles. The Labute approximate surface area is 115 Å². The van der Waals surface area contributed by atoms with Crippen molar-refractivity contribution in [3.8, 4) is 16.9 Å². The number of methoxy groups -OCH3 is 1. The van der Waals surface area contributed by atoms with E-state index in [4.69, 9.17) is 4.74 Å². The van der Waals surface area contributed by atoms with Gasteiger partial charge in [0.1, 0.15) is 5.75 Å². The number of benzene rings is 2. The van der Waals surface area contributed by atoms with Crippen LogP contribution in [0.2, 0.25) is 0 Å². The van der Waals surface area contributed by atoms with Gasteiger partial charge in [0.2, 0.25) is 0 Å². The first kappa shape index (κ1) is 13.6. The minimum atomic E-state index is 0.892. The Hall–Kier alpha value is -1.80. The van der Waals surface area contributed by atoms with Crippen molar-refractivity contribution in [3.05, 3.63) is 53.6 Å². The Bertz CT molecular complexity index is 549. The monoisotopic (exact) mass is 255 g/mol. The molecule has 2 aromatic carbocycles. The predicted octanol–water partition coefficient (Wildman–Crippen LogP) is 3.78. The van der Waals surface area contributed by atoms with Gasteiger partial charge in [-0.3, -0.25) is 0 Å². The zero-order valence-electron chi connectivity index (χ0n) is 11.9. The molecule has 0 atom stereocenters. The van der Waals surface area contributed by atoms with Crippen LogP contribution in [0.1, 0.15) is 18.1 Å². The van der Waals surface area contributed by atoms with Crippen LogP contribution in [0.25, 0.3) is 11.1 Å². The van der Waals surface area contributed by atoms with Gasteiger partial charge < -0.3 is 10.1 Å². The second kappa shape index (κ2) is 6.39. The quantitative estimate of drug-likeness (QED) is 0.878. The van der Waals surface area contributed by atoms with Crippen molar-refractivity contribution in [3.63, 3.8) is 0 Å². The van der Waals surface area contributed by atoms with Gasteiger partial charge in [0, 0.05) is 6.54 Å². The van der Waals surface area contributed by atoms with E-state index in [1.54, 1.807) is 7.11 Å². The van der Waals surface area contributed by atoms with Crippen molar-refractivity contribution >= 4 is 0 Å². The minimum absolute atomic E-state index is 0.892. The van der Waals surface area contributed by atoms with Gasteiger partial charge in [-0.25, -0.2) is 0 Å². The maximum Gasteiger partial charge on any atom is 0.119 e. The van der Waals surface area contributed by atoms with E-state index in [1.807, 2.05) is 12.1 Å². The highest BCUT2D eigenvalue weighted by Gasteiger charge is 2.06. The summed E-state index contributed by atoms with van der Waals surface area (Å²) in [5.41, 5.74) is 5.08. The van der Waals surface area contributed by atoms with Gasteiger partial charge in [-0.1, -0.05) is 42.8 Å². The Morgan fingerprint density at radius 2 is 1.95 bits per heavy atom. The van der Waals surface area contributed by atoms with Gasteiger partial charge in [-0.15, -0.1) is 0 Å². The number of ether oxygens (including phenoxy) is 1. The lowest BCUT2D eigenvalue weighted by Gasteiger charge is -2.12. The minimum Gasteiger partial charge on any atom is -0.497 e. The SMILES string of the molecule is CCNCc1ccc(C)cc1-c1cccc(OC)c1. The van der Waals surface area contributed by atoms with Gasteiger partial charge in [0.25, 0.3) is 0 Å². The number of nitrogens with one attached hydrogen (secondary N) is 1. The number of rotatable bonds is 5. The zero-order valence-corrected chi connectivity index (χ0v) is 11.9. The van der Waals surface area contributed by atoms with Gasteiger partial charge >= 0.3 is 0 Å². The standard InChI is InChI=1S/C17H21NO/c1-4-18-12-15-9-8-13(2)10-17(15)14-6-5-7-16(11-14)19-3/h5-11,18H,4,12H2,1-3H3. The predicted molar refractivity (Wildman–Crippen MR) is 80.5 cm³/mol. The molecule has 0 spiro atoms. The topological polar surface area (TPSA) is 21.3 Å². The first-order chi connectivity index (χ1) is 9.24. The number of aryl methyl sites for hydroxylation is 1. The molecule has 100 valence electrons. The van der Waals surface area contributed by atoms with Crippen LogP contribution in [0.15, 0.2) is 42.5 Å². The van der Waals surface area contributed by atoms with Crippen LogP contribution in [0.4, 0.5) is 0 Å². The van der Waals surface area contributed by atoms with Crippen molar-refractivity contribution in [1.29, 1.82) is 0 Å². The maximum atomic E-state index is 5.31. The fourth-order valence-electron chi connectivity index (χ4n) is 2.16. The Morgan fingerprint density at radius 3 is 2.68 bits per heavy atom. The molecule has 0 aliphatic rings. The number of hydrogen-bond acceptors (Lipinski definition) is 2. The molecule has 0 heterocycles. The molecule has 19 heavy (non-hydrogen) atoms. The highest BCUT2D eigenvalue weighted by Crippen LogP contribution is 2.28. The van der Waals surface area contributed by atoms with Crippen molar-refractivity contribution in [2.75, 3.05) is 13.7 Å². The summed E-state index contributed by atoms with van der Waals surface area (Å²) >= 11 is 0. The smallest absolute Gasteiger partial charge is 0.119 e. The second-order valence-corrected chi connectivity index (χ2v) is 4.67. The van der Waals surface area contributed by atoms with E-state index in [0.717, 1.165) is 18.8 Å². The lowest BCUT2D eigenvalue weighted by atomic mass is 9.97. The summed E-state index contributed by atoms with van der Waals surface area (Å²) in [5.74, 6) is 0.897. The molecule has 0 aromatic heterocycles. The summed E-state index contributed by atoms with van der Waals surface area (Å²) in [4.78, 5) is 0. The molecule has 2 heteroatoms. The molecule has 0 saturated heterocycles. The molecule has 1 N–H and O–H groups in total. The highest BCUT2D eigenvalue weighted by atomic mass is 16.5. The van der Waals surface area contributed by atoms with Crippen molar-refractivity contribution < 1.29 is 4.74 Å². The van der Waals surface area contributed by atoms with Crippen LogP contribution in [0, 0.1) is 6.92 Å². The van der Waals surface area contributed by atoms with E-state index < -0.39 is 0 Å².